The minimum Gasteiger partial charge on any atom is -0.457 e. The second-order valence-corrected chi connectivity index (χ2v) is 21.9. The van der Waals surface area contributed by atoms with Crippen LogP contribution >= 0.6 is 0 Å². The van der Waals surface area contributed by atoms with Gasteiger partial charge in [0, 0.05) is 45.9 Å². The van der Waals surface area contributed by atoms with Gasteiger partial charge in [0.1, 0.15) is 24.0 Å². The van der Waals surface area contributed by atoms with Crippen LogP contribution in [-0.4, -0.2) is 16.2 Å². The maximum absolute atomic E-state index is 9.66. The normalized spacial score (nSPS) is 13.8. The summed E-state index contributed by atoms with van der Waals surface area (Å²) in [5.41, 5.74) is 12.7. The van der Waals surface area contributed by atoms with E-state index in [1.165, 1.54) is 11.1 Å². The summed E-state index contributed by atoms with van der Waals surface area (Å²) in [6, 6.07) is 58.1. The van der Waals surface area contributed by atoms with Crippen LogP contribution in [0, 0.1) is 0 Å². The van der Waals surface area contributed by atoms with Gasteiger partial charge in [-0.05, 0) is 110 Å². The van der Waals surface area contributed by atoms with Crippen molar-refractivity contribution in [3.05, 3.63) is 217 Å². The number of rotatable bonds is 8. The van der Waals surface area contributed by atoms with E-state index in [2.05, 4.69) is 174 Å². The number of ether oxygens (including phenoxy) is 1. The predicted molar refractivity (Wildman–Crippen MR) is 300 cm³/mol. The Kier molecular flexibility index (Phi) is 10.1. The molecule has 5 heteroatoms. The molecular formula is C66H62N4O. The van der Waals surface area contributed by atoms with Crippen LogP contribution in [0.3, 0.4) is 0 Å². The van der Waals surface area contributed by atoms with Gasteiger partial charge in [-0.15, -0.1) is 0 Å². The van der Waals surface area contributed by atoms with Gasteiger partial charge < -0.3 is 14.5 Å². The first kappa shape index (κ1) is 40.9. The lowest BCUT2D eigenvalue weighted by molar-refractivity contribution is 0.483. The molecule has 71 heavy (non-hydrogen) atoms. The topological polar surface area (TPSA) is 33.5 Å². The van der Waals surface area contributed by atoms with Gasteiger partial charge >= 0.3 is 0 Å². The van der Waals surface area contributed by atoms with Crippen LogP contribution in [0.15, 0.2) is 200 Å². The third-order valence-corrected chi connectivity index (χ3v) is 13.9. The highest BCUT2D eigenvalue weighted by molar-refractivity contribution is 6.09. The van der Waals surface area contributed by atoms with Crippen LogP contribution in [0.5, 0.6) is 11.5 Å². The monoisotopic (exact) mass is 931 g/mol. The molecule has 0 amide bonds. The Morgan fingerprint density at radius 1 is 0.451 bits per heavy atom. The zero-order chi connectivity index (χ0) is 52.7. The van der Waals surface area contributed by atoms with Crippen LogP contribution in [0.2, 0.25) is 0 Å². The van der Waals surface area contributed by atoms with E-state index in [4.69, 9.17) is 9.72 Å². The number of pyridine rings is 1. The second kappa shape index (κ2) is 17.5. The number of hydrogen-bond acceptors (Lipinski definition) is 4. The quantitative estimate of drug-likeness (QED) is 0.152. The number of benzene rings is 8. The molecule has 0 unspecified atom stereocenters. The molecule has 0 fully saturated rings. The summed E-state index contributed by atoms with van der Waals surface area (Å²) >= 11 is 0. The van der Waals surface area contributed by atoms with Crippen molar-refractivity contribution >= 4 is 44.6 Å². The molecule has 352 valence electrons. The van der Waals surface area contributed by atoms with Crippen LogP contribution < -0.4 is 14.5 Å². The van der Waals surface area contributed by atoms with Crippen molar-refractivity contribution in [3.63, 3.8) is 0 Å². The van der Waals surface area contributed by atoms with Gasteiger partial charge in [-0.1, -0.05) is 190 Å². The molecule has 5 nitrogen and oxygen atoms in total. The molecule has 0 radical (unpaired) electrons. The van der Waals surface area contributed by atoms with Gasteiger partial charge in [0.05, 0.1) is 33.6 Å². The maximum Gasteiger partial charge on any atom is 0.137 e. The van der Waals surface area contributed by atoms with Gasteiger partial charge in [0.2, 0.25) is 0 Å². The molecule has 0 spiro atoms. The van der Waals surface area contributed by atoms with Crippen molar-refractivity contribution in [2.75, 3.05) is 16.5 Å². The minimum absolute atomic E-state index is 0.00560. The lowest BCUT2D eigenvalue weighted by atomic mass is 9.85. The van der Waals surface area contributed by atoms with Crippen LogP contribution in [-0.2, 0) is 16.2 Å². The number of nitrogens with zero attached hydrogens (tertiary/aromatic N) is 4. The van der Waals surface area contributed by atoms with E-state index in [0.29, 0.717) is 40.4 Å². The summed E-state index contributed by atoms with van der Waals surface area (Å²) in [5, 5.41) is 2.25. The fraction of sp³-hybridized carbons (Fsp3) is 0.197. The fourth-order valence-corrected chi connectivity index (χ4v) is 9.82. The Labute approximate surface area is 425 Å². The lowest BCUT2D eigenvalue weighted by Crippen LogP contribution is -2.25. The number of hydrogen-bond donors (Lipinski definition) is 0. The Bertz CT molecular complexity index is 3810. The van der Waals surface area contributed by atoms with Crippen molar-refractivity contribution in [3.8, 4) is 50.7 Å². The Hall–Kier alpha value is -7.89. The van der Waals surface area contributed by atoms with E-state index in [-0.39, 0.29) is 40.4 Å². The first-order chi connectivity index (χ1) is 35.7. The van der Waals surface area contributed by atoms with Gasteiger partial charge in [-0.2, -0.15) is 0 Å². The molecular weight excluding hydrogens is 865 g/mol. The molecule has 10 aromatic rings. The van der Waals surface area contributed by atoms with Gasteiger partial charge in [0.25, 0.3) is 0 Å². The van der Waals surface area contributed by atoms with E-state index in [1.807, 2.05) is 79.0 Å². The SMILES string of the molecule is [2H]c1cc(-c2ccc(C(C)(C)C)cc2)cc([2H])c1-c1cccc(-c2c([2H])cc(C(C)(C)C)cc2[2H])c1N1CN(c2cccc(Oc3ccc4c5ccccc5n(-c5cc(C(C)(C)C)ccn5)c4c3)c2)c2ccccc21. The van der Waals surface area contributed by atoms with Crippen molar-refractivity contribution in [2.45, 2.75) is 78.6 Å². The molecule has 0 atom stereocenters. The smallest absolute Gasteiger partial charge is 0.137 e. The average Bonchev–Trinajstić information content (AvgIpc) is 3.93. The Balaban J connectivity index is 1.01. The summed E-state index contributed by atoms with van der Waals surface area (Å²) in [7, 11) is 0. The molecule has 0 aliphatic carbocycles. The van der Waals surface area contributed by atoms with E-state index in [9.17, 15) is 5.48 Å². The van der Waals surface area contributed by atoms with Gasteiger partial charge in [-0.3, -0.25) is 4.57 Å². The number of anilines is 4. The zero-order valence-corrected chi connectivity index (χ0v) is 42.1. The highest BCUT2D eigenvalue weighted by Crippen LogP contribution is 2.51. The van der Waals surface area contributed by atoms with Crippen molar-refractivity contribution in [1.29, 1.82) is 0 Å². The standard InChI is InChI=1S/C66H62N4O/c1-64(2,3)48-32-28-45(29-33-48)44-24-26-46(27-25-44)54-19-15-20-55(47-30-34-49(35-31-47)65(4,5)6)63(54)69-43-68(59-22-12-13-23-60(59)69)51-16-14-17-52(41-51)71-53-36-37-57-56-18-10-11-21-58(56)70(61(57)42-53)62-40-50(38-39-67-62)66(7,8)9/h10-42H,43H2,1-9H3/i26D,27D,30D,31D. The summed E-state index contributed by atoms with van der Waals surface area (Å²) in [4.78, 5) is 9.35. The fourth-order valence-electron chi connectivity index (χ4n) is 9.82. The number of para-hydroxylation sites is 4. The van der Waals surface area contributed by atoms with E-state index in [0.717, 1.165) is 67.1 Å². The maximum atomic E-state index is 9.66. The molecule has 2 aromatic heterocycles. The second-order valence-electron chi connectivity index (χ2n) is 21.9. The number of fused-ring (bicyclic) bond motifs is 4. The van der Waals surface area contributed by atoms with E-state index >= 15 is 0 Å². The molecule has 8 aromatic carbocycles. The first-order valence-electron chi connectivity index (χ1n) is 26.6. The third kappa shape index (κ3) is 8.65. The Morgan fingerprint density at radius 3 is 1.69 bits per heavy atom. The molecule has 0 N–H and O–H groups in total. The minimum atomic E-state index is -0.265. The van der Waals surface area contributed by atoms with Crippen molar-refractivity contribution in [2.24, 2.45) is 0 Å². The summed E-state index contributed by atoms with van der Waals surface area (Å²) in [5.74, 6) is 2.21. The predicted octanol–water partition coefficient (Wildman–Crippen LogP) is 18.1. The first-order valence-corrected chi connectivity index (χ1v) is 24.6. The number of aromatic nitrogens is 2. The average molecular weight is 931 g/mol. The molecule has 0 saturated heterocycles. The van der Waals surface area contributed by atoms with Crippen molar-refractivity contribution in [1.82, 2.24) is 9.55 Å². The molecule has 0 saturated carbocycles. The van der Waals surface area contributed by atoms with Crippen molar-refractivity contribution < 1.29 is 10.2 Å². The van der Waals surface area contributed by atoms with Crippen LogP contribution in [0.4, 0.5) is 22.7 Å². The highest BCUT2D eigenvalue weighted by atomic mass is 16.5. The molecule has 3 heterocycles. The molecule has 0 bridgehead atoms. The van der Waals surface area contributed by atoms with E-state index in [1.54, 1.807) is 0 Å². The third-order valence-electron chi connectivity index (χ3n) is 13.9. The highest BCUT2D eigenvalue weighted by Gasteiger charge is 2.32. The van der Waals surface area contributed by atoms with Gasteiger partial charge in [-0.25, -0.2) is 4.98 Å². The summed E-state index contributed by atoms with van der Waals surface area (Å²) in [6.45, 7) is 19.9. The van der Waals surface area contributed by atoms with Crippen LogP contribution in [0.1, 0.15) is 84.5 Å². The van der Waals surface area contributed by atoms with Gasteiger partial charge in [0.15, 0.2) is 0 Å². The Morgan fingerprint density at radius 2 is 1.01 bits per heavy atom. The summed E-state index contributed by atoms with van der Waals surface area (Å²) < 4.78 is 47.4. The molecule has 11 rings (SSSR count). The van der Waals surface area contributed by atoms with E-state index < -0.39 is 0 Å². The lowest BCUT2D eigenvalue weighted by Gasteiger charge is -2.27. The summed E-state index contributed by atoms with van der Waals surface area (Å²) in [6.07, 6.45) is 1.90. The van der Waals surface area contributed by atoms with Crippen LogP contribution in [0.25, 0.3) is 61.0 Å². The zero-order valence-electron chi connectivity index (χ0n) is 46.1. The largest absolute Gasteiger partial charge is 0.457 e. The molecule has 1 aliphatic rings. The molecule has 1 aliphatic heterocycles.